The van der Waals surface area contributed by atoms with Crippen LogP contribution in [0, 0.1) is 0 Å². The molecule has 2 aromatic rings. The third-order valence-electron chi connectivity index (χ3n) is 4.82. The van der Waals surface area contributed by atoms with Crippen molar-refractivity contribution < 1.29 is 27.4 Å². The highest BCUT2D eigenvalue weighted by molar-refractivity contribution is 7.89. The van der Waals surface area contributed by atoms with Gasteiger partial charge in [0.05, 0.1) is 13.7 Å². The predicted octanol–water partition coefficient (Wildman–Crippen LogP) is 3.87. The van der Waals surface area contributed by atoms with Crippen LogP contribution in [0.2, 0.25) is 0 Å². The summed E-state index contributed by atoms with van der Waals surface area (Å²) in [5.41, 5.74) is 1.33. The molecule has 0 heterocycles. The Kier molecular flexibility index (Phi) is 9.74. The minimum atomic E-state index is -3.78. The number of methoxy groups -OCH3 is 1. The van der Waals surface area contributed by atoms with Gasteiger partial charge in [-0.2, -0.15) is 4.31 Å². The van der Waals surface area contributed by atoms with Crippen molar-refractivity contribution in [3.05, 3.63) is 54.6 Å². The topological polar surface area (TPSA) is 94.2 Å². The molecule has 0 aliphatic heterocycles. The number of benzene rings is 2. The standard InChI is InChI=1S/C24H32N2O6S/c1-6-10-18-11-13-20(22(15-18)30-5)32-17-24(27)25-19-12-14-21(31-9-4)23(16-19)33(28,29)26(7-2)8-3/h6,11-16H,1,7-10,17H2,2-5H3,(H,25,27). The molecule has 0 bridgehead atoms. The number of hydrogen-bond acceptors (Lipinski definition) is 6. The molecule has 0 spiro atoms. The van der Waals surface area contributed by atoms with E-state index in [1.807, 2.05) is 12.1 Å². The summed E-state index contributed by atoms with van der Waals surface area (Å²) in [6.45, 7) is 9.71. The van der Waals surface area contributed by atoms with Crippen molar-refractivity contribution in [2.45, 2.75) is 32.1 Å². The molecule has 33 heavy (non-hydrogen) atoms. The fraction of sp³-hybridized carbons (Fsp3) is 0.375. The van der Waals surface area contributed by atoms with Gasteiger partial charge < -0.3 is 19.5 Å². The van der Waals surface area contributed by atoms with Crippen LogP contribution < -0.4 is 19.5 Å². The van der Waals surface area contributed by atoms with Crippen LogP contribution in [0.25, 0.3) is 0 Å². The number of nitrogens with zero attached hydrogens (tertiary/aromatic N) is 1. The first kappa shape index (κ1) is 26.2. The van der Waals surface area contributed by atoms with Crippen LogP contribution in [0.4, 0.5) is 5.69 Å². The van der Waals surface area contributed by atoms with E-state index in [-0.39, 0.29) is 17.3 Å². The number of carbonyl (C=O) groups is 1. The molecule has 0 aromatic heterocycles. The number of carbonyl (C=O) groups excluding carboxylic acids is 1. The molecule has 0 radical (unpaired) electrons. The maximum Gasteiger partial charge on any atom is 0.262 e. The molecule has 8 nitrogen and oxygen atoms in total. The van der Waals surface area contributed by atoms with Gasteiger partial charge in [0, 0.05) is 18.8 Å². The molecule has 0 aliphatic rings. The van der Waals surface area contributed by atoms with Crippen LogP contribution in [0.1, 0.15) is 26.3 Å². The highest BCUT2D eigenvalue weighted by Crippen LogP contribution is 2.31. The molecule has 0 saturated carbocycles. The van der Waals surface area contributed by atoms with E-state index >= 15 is 0 Å². The number of anilines is 1. The molecule has 9 heteroatoms. The number of rotatable bonds is 13. The van der Waals surface area contributed by atoms with Crippen molar-refractivity contribution in [2.24, 2.45) is 0 Å². The van der Waals surface area contributed by atoms with E-state index in [2.05, 4.69) is 11.9 Å². The average molecular weight is 477 g/mol. The quantitative estimate of drug-likeness (QED) is 0.441. The van der Waals surface area contributed by atoms with Crippen LogP contribution >= 0.6 is 0 Å². The molecule has 0 fully saturated rings. The summed E-state index contributed by atoms with van der Waals surface area (Å²) in [5, 5.41) is 2.68. The van der Waals surface area contributed by atoms with Crippen LogP contribution in [-0.4, -0.2) is 52.0 Å². The minimum absolute atomic E-state index is 0.00578. The highest BCUT2D eigenvalue weighted by atomic mass is 32.2. The third-order valence-corrected chi connectivity index (χ3v) is 6.89. The molecular weight excluding hydrogens is 444 g/mol. The number of amides is 1. The Hall–Kier alpha value is -3.04. The van der Waals surface area contributed by atoms with E-state index in [9.17, 15) is 13.2 Å². The van der Waals surface area contributed by atoms with Gasteiger partial charge in [0.15, 0.2) is 18.1 Å². The highest BCUT2D eigenvalue weighted by Gasteiger charge is 2.26. The van der Waals surface area contributed by atoms with Crippen molar-refractivity contribution in [1.82, 2.24) is 4.31 Å². The van der Waals surface area contributed by atoms with Gasteiger partial charge in [0.2, 0.25) is 10.0 Å². The predicted molar refractivity (Wildman–Crippen MR) is 129 cm³/mol. The van der Waals surface area contributed by atoms with Crippen molar-refractivity contribution in [3.8, 4) is 17.2 Å². The summed E-state index contributed by atoms with van der Waals surface area (Å²) in [7, 11) is -2.26. The maximum atomic E-state index is 13.1. The van der Waals surface area contributed by atoms with Crippen LogP contribution in [0.15, 0.2) is 53.9 Å². The lowest BCUT2D eigenvalue weighted by Gasteiger charge is -2.21. The van der Waals surface area contributed by atoms with E-state index in [1.54, 1.807) is 39.0 Å². The van der Waals surface area contributed by atoms with Crippen molar-refractivity contribution in [1.29, 1.82) is 0 Å². The average Bonchev–Trinajstić information content (AvgIpc) is 2.80. The molecule has 0 unspecified atom stereocenters. The number of ether oxygens (including phenoxy) is 3. The third kappa shape index (κ3) is 6.72. The van der Waals surface area contributed by atoms with Crippen LogP contribution in [-0.2, 0) is 21.2 Å². The Labute approximate surface area is 196 Å². The van der Waals surface area contributed by atoms with E-state index in [4.69, 9.17) is 14.2 Å². The van der Waals surface area contributed by atoms with Gasteiger partial charge >= 0.3 is 0 Å². The van der Waals surface area contributed by atoms with Gasteiger partial charge in [-0.1, -0.05) is 26.0 Å². The van der Waals surface area contributed by atoms with Gasteiger partial charge in [0.25, 0.3) is 5.91 Å². The van der Waals surface area contributed by atoms with Crippen molar-refractivity contribution in [3.63, 3.8) is 0 Å². The monoisotopic (exact) mass is 476 g/mol. The maximum absolute atomic E-state index is 13.1. The first-order chi connectivity index (χ1) is 15.8. The summed E-state index contributed by atoms with van der Waals surface area (Å²) >= 11 is 0. The van der Waals surface area contributed by atoms with Crippen molar-refractivity contribution in [2.75, 3.05) is 38.7 Å². The number of sulfonamides is 1. The van der Waals surface area contributed by atoms with Crippen LogP contribution in [0.5, 0.6) is 17.2 Å². The Bertz CT molecular complexity index is 1060. The Morgan fingerprint density at radius 3 is 2.33 bits per heavy atom. The normalized spacial score (nSPS) is 11.2. The fourth-order valence-electron chi connectivity index (χ4n) is 3.23. The summed E-state index contributed by atoms with van der Waals surface area (Å²) < 4.78 is 43.9. The fourth-order valence-corrected chi connectivity index (χ4v) is 4.85. The lowest BCUT2D eigenvalue weighted by atomic mass is 10.1. The zero-order chi connectivity index (χ0) is 24.4. The molecule has 2 aromatic carbocycles. The van der Waals surface area contributed by atoms with Gasteiger partial charge in [0.1, 0.15) is 10.6 Å². The first-order valence-electron chi connectivity index (χ1n) is 10.8. The van der Waals surface area contributed by atoms with E-state index in [0.29, 0.717) is 43.3 Å². The SMILES string of the molecule is C=CCc1ccc(OCC(=O)Nc2ccc(OCC)c(S(=O)(=O)N(CC)CC)c2)c(OC)c1. The Balaban J connectivity index is 2.19. The van der Waals surface area contributed by atoms with Crippen molar-refractivity contribution >= 4 is 21.6 Å². The number of allylic oxidation sites excluding steroid dienone is 1. The molecular formula is C24H32N2O6S. The van der Waals surface area contributed by atoms with Gasteiger partial charge in [-0.3, -0.25) is 4.79 Å². The van der Waals surface area contributed by atoms with E-state index < -0.39 is 15.9 Å². The molecule has 0 saturated heterocycles. The summed E-state index contributed by atoms with van der Waals surface area (Å²) in [4.78, 5) is 12.5. The molecule has 0 aliphatic carbocycles. The zero-order valence-electron chi connectivity index (χ0n) is 19.6. The molecule has 0 atom stereocenters. The Morgan fingerprint density at radius 1 is 1.03 bits per heavy atom. The first-order valence-corrected chi connectivity index (χ1v) is 12.2. The zero-order valence-corrected chi connectivity index (χ0v) is 20.4. The largest absolute Gasteiger partial charge is 0.493 e. The number of nitrogens with one attached hydrogen (secondary N) is 1. The summed E-state index contributed by atoms with van der Waals surface area (Å²) in [5.74, 6) is 0.735. The van der Waals surface area contributed by atoms with Gasteiger partial charge in [-0.25, -0.2) is 8.42 Å². The van der Waals surface area contributed by atoms with Gasteiger partial charge in [-0.15, -0.1) is 6.58 Å². The minimum Gasteiger partial charge on any atom is -0.493 e. The summed E-state index contributed by atoms with van der Waals surface area (Å²) in [6.07, 6.45) is 2.47. The molecule has 1 amide bonds. The van der Waals surface area contributed by atoms with E-state index in [1.165, 1.54) is 23.5 Å². The lowest BCUT2D eigenvalue weighted by Crippen LogP contribution is -2.31. The smallest absolute Gasteiger partial charge is 0.262 e. The second-order valence-electron chi connectivity index (χ2n) is 7.00. The van der Waals surface area contributed by atoms with Crippen LogP contribution in [0.3, 0.4) is 0 Å². The second-order valence-corrected chi connectivity index (χ2v) is 8.91. The lowest BCUT2D eigenvalue weighted by molar-refractivity contribution is -0.118. The van der Waals surface area contributed by atoms with Gasteiger partial charge in [-0.05, 0) is 49.2 Å². The second kappa shape index (κ2) is 12.3. The number of hydrogen-bond donors (Lipinski definition) is 1. The van der Waals surface area contributed by atoms with E-state index in [0.717, 1.165) is 5.56 Å². The molecule has 180 valence electrons. The molecule has 1 N–H and O–H groups in total. The summed E-state index contributed by atoms with van der Waals surface area (Å²) in [6, 6.07) is 9.96. The Morgan fingerprint density at radius 2 is 1.73 bits per heavy atom. The molecule has 2 rings (SSSR count).